The molecule has 3 heterocycles. The zero-order valence-corrected chi connectivity index (χ0v) is 18.8. The second-order valence-corrected chi connectivity index (χ2v) is 9.60. The maximum absolute atomic E-state index is 11.8. The first-order valence-electron chi connectivity index (χ1n) is 9.56. The molecule has 16 heteroatoms. The van der Waals surface area contributed by atoms with E-state index in [0.717, 1.165) is 0 Å². The number of aliphatic hydroxyl groups is 2. The van der Waals surface area contributed by atoms with Crippen LogP contribution in [0.2, 0.25) is 0 Å². The van der Waals surface area contributed by atoms with Gasteiger partial charge in [0.05, 0.1) is 19.5 Å². The van der Waals surface area contributed by atoms with Crippen LogP contribution < -0.4 is 5.73 Å². The number of ether oxygens (including phenoxy) is 3. The van der Waals surface area contributed by atoms with Gasteiger partial charge in [-0.1, -0.05) is 18.7 Å². The van der Waals surface area contributed by atoms with E-state index in [1.807, 2.05) is 6.92 Å². The molecule has 32 heavy (non-hydrogen) atoms. The van der Waals surface area contributed by atoms with Crippen molar-refractivity contribution in [3.63, 3.8) is 0 Å². The Kier molecular flexibility index (Phi) is 7.73. The Morgan fingerprint density at radius 2 is 2.06 bits per heavy atom. The second kappa shape index (κ2) is 9.97. The zero-order chi connectivity index (χ0) is 23.6. The van der Waals surface area contributed by atoms with E-state index in [1.54, 1.807) is 0 Å². The summed E-state index contributed by atoms with van der Waals surface area (Å²) in [5.41, 5.74) is 6.48. The second-order valence-electron chi connectivity index (χ2n) is 6.72. The number of anilines is 1. The van der Waals surface area contributed by atoms with Gasteiger partial charge in [-0.25, -0.2) is 19.7 Å². The molecule has 0 aromatic carbocycles. The molecular weight excluding hydrogens is 469 g/mol. The fourth-order valence-electron chi connectivity index (χ4n) is 3.10. The van der Waals surface area contributed by atoms with Crippen LogP contribution in [0.1, 0.15) is 20.1 Å². The van der Waals surface area contributed by atoms with Crippen molar-refractivity contribution in [1.29, 1.82) is 0 Å². The number of aliphatic hydroxyl groups excluding tert-OH is 2. The number of aromatic nitrogens is 4. The molecule has 1 fully saturated rings. The van der Waals surface area contributed by atoms with Crippen LogP contribution in [0, 0.1) is 0 Å². The molecule has 5 atom stereocenters. The zero-order valence-electron chi connectivity index (χ0n) is 17.1. The van der Waals surface area contributed by atoms with Gasteiger partial charge in [-0.15, -0.1) is 0 Å². The fourth-order valence-corrected chi connectivity index (χ4v) is 4.30. The van der Waals surface area contributed by atoms with Gasteiger partial charge in [0, 0.05) is 0 Å². The highest BCUT2D eigenvalue weighted by Crippen LogP contribution is 2.43. The Labute approximate surface area is 186 Å². The van der Waals surface area contributed by atoms with Crippen LogP contribution in [0.5, 0.6) is 0 Å². The van der Waals surface area contributed by atoms with Gasteiger partial charge in [0.2, 0.25) is 0 Å². The summed E-state index contributed by atoms with van der Waals surface area (Å²) in [6.45, 7) is 2.66. The predicted molar refractivity (Wildman–Crippen MR) is 110 cm³/mol. The van der Waals surface area contributed by atoms with Crippen molar-refractivity contribution < 1.29 is 43.6 Å². The number of rotatable bonds is 9. The number of esters is 1. The molecule has 6 N–H and O–H groups in total. The molecule has 1 saturated heterocycles. The van der Waals surface area contributed by atoms with E-state index in [-0.39, 0.29) is 23.6 Å². The summed E-state index contributed by atoms with van der Waals surface area (Å²) in [5.74, 6) is -2.61. The maximum atomic E-state index is 11.8. The van der Waals surface area contributed by atoms with E-state index in [4.69, 9.17) is 15.2 Å². The first kappa shape index (κ1) is 24.8. The van der Waals surface area contributed by atoms with Crippen LogP contribution >= 0.6 is 19.4 Å². The average molecular weight is 493 g/mol. The van der Waals surface area contributed by atoms with Crippen LogP contribution in [-0.2, 0) is 23.6 Å². The molecule has 0 bridgehead atoms. The molecule has 0 aliphatic carbocycles. The first-order valence-corrected chi connectivity index (χ1v) is 12.2. The van der Waals surface area contributed by atoms with Crippen LogP contribution in [0.15, 0.2) is 11.5 Å². The maximum Gasteiger partial charge on any atom is 0.365 e. The summed E-state index contributed by atoms with van der Waals surface area (Å²) in [6, 6.07) is 0. The lowest BCUT2D eigenvalue weighted by Crippen LogP contribution is -2.36. The number of nitrogens with zero attached hydrogens (tertiary/aromatic N) is 4. The minimum absolute atomic E-state index is 0.112. The molecular formula is C16H24N5O9PS. The number of hydrogen-bond donors (Lipinski definition) is 5. The number of nitrogen functional groups attached to an aromatic ring is 1. The minimum Gasteiger partial charge on any atom is -0.464 e. The lowest BCUT2D eigenvalue weighted by Gasteiger charge is -2.20. The van der Waals surface area contributed by atoms with Crippen molar-refractivity contribution in [2.24, 2.45) is 0 Å². The number of nitrogens with two attached hydrogens (primary N) is 1. The first-order chi connectivity index (χ1) is 15.1. The highest BCUT2D eigenvalue weighted by molar-refractivity contribution is 7.99. The Hall–Kier alpha value is -1.84. The Morgan fingerprint density at radius 1 is 1.34 bits per heavy atom. The summed E-state index contributed by atoms with van der Waals surface area (Å²) < 4.78 is 28.3. The molecule has 2 aromatic heterocycles. The topological polar surface area (TPSA) is 212 Å². The lowest BCUT2D eigenvalue weighted by molar-refractivity contribution is -0.155. The van der Waals surface area contributed by atoms with Crippen molar-refractivity contribution in [1.82, 2.24) is 19.5 Å². The third kappa shape index (κ3) is 5.05. The van der Waals surface area contributed by atoms with Gasteiger partial charge in [-0.2, -0.15) is 0 Å². The summed E-state index contributed by atoms with van der Waals surface area (Å²) in [6.07, 6.45) is -4.03. The predicted octanol–water partition coefficient (Wildman–Crippen LogP) is -0.777. The average Bonchev–Trinajstić information content (AvgIpc) is 3.24. The molecule has 178 valence electrons. The molecule has 0 unspecified atom stereocenters. The number of hydrogen-bond acceptors (Lipinski definition) is 12. The van der Waals surface area contributed by atoms with Crippen molar-refractivity contribution in [3.8, 4) is 0 Å². The van der Waals surface area contributed by atoms with E-state index >= 15 is 0 Å². The number of fused-ring (bicyclic) bond motifs is 1. The van der Waals surface area contributed by atoms with Gasteiger partial charge in [0.1, 0.15) is 23.8 Å². The van der Waals surface area contributed by atoms with E-state index in [2.05, 4.69) is 19.7 Å². The normalized spacial score (nSPS) is 24.7. The van der Waals surface area contributed by atoms with Crippen molar-refractivity contribution in [2.75, 3.05) is 24.7 Å². The molecule has 0 saturated carbocycles. The monoisotopic (exact) mass is 493 g/mol. The summed E-state index contributed by atoms with van der Waals surface area (Å²) >= 11 is 1.35. The van der Waals surface area contributed by atoms with Gasteiger partial charge in [-0.3, -0.25) is 9.13 Å². The molecule has 14 nitrogen and oxygen atoms in total. The van der Waals surface area contributed by atoms with Crippen molar-refractivity contribution in [2.45, 2.75) is 49.4 Å². The van der Waals surface area contributed by atoms with E-state index in [1.165, 1.54) is 29.6 Å². The van der Waals surface area contributed by atoms with E-state index < -0.39 is 50.6 Å². The van der Waals surface area contributed by atoms with Gasteiger partial charge < -0.3 is 39.9 Å². The van der Waals surface area contributed by atoms with E-state index in [0.29, 0.717) is 10.9 Å². The number of carbonyl (C=O) groups is 1. The van der Waals surface area contributed by atoms with Crippen LogP contribution in [0.4, 0.5) is 5.82 Å². The Morgan fingerprint density at radius 3 is 2.69 bits per heavy atom. The van der Waals surface area contributed by atoms with Crippen LogP contribution in [0.25, 0.3) is 11.2 Å². The molecule has 0 radical (unpaired) electrons. The SMILES string of the molecule is CCOC(=O)[C@@H](OC[C@H]1O[C@@H](n2cnc3c(N)nc(SCC)nc32)[C@H](O)[C@@H]1O)P(=O)(O)O. The van der Waals surface area contributed by atoms with Gasteiger partial charge in [0.15, 0.2) is 22.8 Å². The van der Waals surface area contributed by atoms with Crippen molar-refractivity contribution in [3.05, 3.63) is 6.33 Å². The third-order valence-corrected chi connectivity index (χ3v) is 6.23. The fraction of sp³-hybridized carbons (Fsp3) is 0.625. The minimum atomic E-state index is -5.01. The Bertz CT molecular complexity index is 1020. The molecule has 0 amide bonds. The molecule has 3 rings (SSSR count). The lowest BCUT2D eigenvalue weighted by atomic mass is 10.1. The van der Waals surface area contributed by atoms with Gasteiger partial charge in [-0.05, 0) is 12.7 Å². The molecule has 0 spiro atoms. The summed E-state index contributed by atoms with van der Waals surface area (Å²) in [7, 11) is -5.01. The molecule has 1 aliphatic heterocycles. The highest BCUT2D eigenvalue weighted by atomic mass is 32.2. The molecule has 2 aromatic rings. The smallest absolute Gasteiger partial charge is 0.365 e. The quantitative estimate of drug-likeness (QED) is 0.126. The van der Waals surface area contributed by atoms with Crippen LogP contribution in [-0.4, -0.2) is 88.6 Å². The summed E-state index contributed by atoms with van der Waals surface area (Å²) in [5, 5.41) is 21.3. The Balaban J connectivity index is 1.81. The van der Waals surface area contributed by atoms with Gasteiger partial charge >= 0.3 is 13.6 Å². The molecule has 1 aliphatic rings. The van der Waals surface area contributed by atoms with E-state index in [9.17, 15) is 29.4 Å². The number of thioether (sulfide) groups is 1. The number of carbonyl (C=O) groups excluding carboxylic acids is 1. The highest BCUT2D eigenvalue weighted by Gasteiger charge is 2.46. The third-order valence-electron chi connectivity index (χ3n) is 4.52. The largest absolute Gasteiger partial charge is 0.464 e. The van der Waals surface area contributed by atoms with Crippen molar-refractivity contribution >= 4 is 42.3 Å². The number of imidazole rings is 1. The standard InChI is InChI=1S/C16H24N5O9PS/c1-3-28-14(24)15(31(25,26)27)29-5-7-9(22)10(23)13(30-7)21-6-18-8-11(17)19-16(32-4-2)20-12(8)21/h6-7,9-10,13,15,22-23H,3-5H2,1-2H3,(H2,17,19,20)(H2,25,26,27)/t7-,9-,10-,13-,15+/m1/s1. The van der Waals surface area contributed by atoms with Crippen LogP contribution in [0.3, 0.4) is 0 Å². The summed E-state index contributed by atoms with van der Waals surface area (Å²) in [4.78, 5) is 43.2. The van der Waals surface area contributed by atoms with Gasteiger partial charge in [0.25, 0.3) is 5.85 Å².